The maximum atomic E-state index is 2.66. The van der Waals surface area contributed by atoms with Crippen molar-refractivity contribution in [3.05, 3.63) is 0 Å². The topological polar surface area (TPSA) is 0 Å². The van der Waals surface area contributed by atoms with Gasteiger partial charge in [0, 0.05) is 0 Å². The van der Waals surface area contributed by atoms with Crippen molar-refractivity contribution >= 4 is 13.3 Å². The SMILES string of the molecule is CC1(C)C[CH2][Ge]([CH3])([C](C)(C)C)[CH2]C1. The average molecular weight is 243 g/mol. The van der Waals surface area contributed by atoms with Gasteiger partial charge in [-0.2, -0.15) is 0 Å². The predicted octanol–water partition coefficient (Wildman–Crippen LogP) is 4.69. The Bertz CT molecular complexity index is 176. The van der Waals surface area contributed by atoms with Gasteiger partial charge in [0.25, 0.3) is 0 Å². The normalized spacial score (nSPS) is 27.2. The van der Waals surface area contributed by atoms with E-state index < -0.39 is 13.3 Å². The Kier molecular flexibility index (Phi) is 2.94. The summed E-state index contributed by atoms with van der Waals surface area (Å²) in [7, 11) is 0. The van der Waals surface area contributed by atoms with Crippen molar-refractivity contribution < 1.29 is 0 Å². The standard InChI is InChI=1S/C12H26Ge/c1-11(2,3)13(6)9-7-12(4,5)8-10-13/h7-10H2,1-6H3. The molecular weight excluding hydrogens is 217 g/mol. The summed E-state index contributed by atoms with van der Waals surface area (Å²) >= 11 is -1.45. The fourth-order valence-electron chi connectivity index (χ4n) is 2.23. The van der Waals surface area contributed by atoms with Gasteiger partial charge in [-0.05, 0) is 0 Å². The molecule has 0 aromatic heterocycles. The van der Waals surface area contributed by atoms with E-state index in [0.717, 1.165) is 0 Å². The molecule has 1 fully saturated rings. The summed E-state index contributed by atoms with van der Waals surface area (Å²) < 4.78 is 0.663. The first-order chi connectivity index (χ1) is 5.66. The summed E-state index contributed by atoms with van der Waals surface area (Å²) in [5, 5.41) is 3.19. The Labute approximate surface area is 86.9 Å². The van der Waals surface area contributed by atoms with Crippen LogP contribution < -0.4 is 0 Å². The first-order valence-corrected chi connectivity index (χ1v) is 11.8. The third-order valence-corrected chi connectivity index (χ3v) is 17.8. The Balaban J connectivity index is 2.68. The Hall–Kier alpha value is 0.543. The molecule has 0 atom stereocenters. The molecular formula is C12H26Ge. The van der Waals surface area contributed by atoms with E-state index in [1.165, 1.54) is 12.8 Å². The van der Waals surface area contributed by atoms with Crippen molar-refractivity contribution in [2.45, 2.75) is 68.0 Å². The molecule has 1 rings (SSSR count). The number of rotatable bonds is 0. The van der Waals surface area contributed by atoms with E-state index in [2.05, 4.69) is 40.4 Å². The summed E-state index contributed by atoms with van der Waals surface area (Å²) in [5.74, 6) is 2.66. The van der Waals surface area contributed by atoms with Gasteiger partial charge in [-0.1, -0.05) is 0 Å². The second-order valence-electron chi connectivity index (χ2n) is 6.97. The average Bonchev–Trinajstić information content (AvgIpc) is 1.94. The second-order valence-corrected chi connectivity index (χ2v) is 18.8. The molecule has 0 bridgehead atoms. The van der Waals surface area contributed by atoms with Crippen molar-refractivity contribution in [2.24, 2.45) is 5.41 Å². The van der Waals surface area contributed by atoms with Crippen LogP contribution in [0.2, 0.25) is 20.5 Å². The Morgan fingerprint density at radius 3 is 1.69 bits per heavy atom. The van der Waals surface area contributed by atoms with E-state index in [9.17, 15) is 0 Å². The van der Waals surface area contributed by atoms with E-state index in [0.29, 0.717) is 9.66 Å². The molecule has 1 saturated heterocycles. The van der Waals surface area contributed by atoms with Crippen LogP contribution >= 0.6 is 0 Å². The van der Waals surface area contributed by atoms with Crippen LogP contribution in [-0.4, -0.2) is 13.3 Å². The van der Waals surface area contributed by atoms with Crippen LogP contribution in [0.1, 0.15) is 47.5 Å². The molecule has 0 aromatic rings. The zero-order valence-electron chi connectivity index (χ0n) is 10.3. The monoisotopic (exact) mass is 244 g/mol. The van der Waals surface area contributed by atoms with Gasteiger partial charge in [0.05, 0.1) is 0 Å². The van der Waals surface area contributed by atoms with Gasteiger partial charge < -0.3 is 0 Å². The molecule has 0 spiro atoms. The van der Waals surface area contributed by atoms with Crippen molar-refractivity contribution in [3.8, 4) is 0 Å². The summed E-state index contributed by atoms with van der Waals surface area (Å²) in [6.45, 7) is 12.3. The Morgan fingerprint density at radius 1 is 1.00 bits per heavy atom. The molecule has 0 unspecified atom stereocenters. The predicted molar refractivity (Wildman–Crippen MR) is 64.0 cm³/mol. The van der Waals surface area contributed by atoms with E-state index in [1.54, 1.807) is 10.5 Å². The van der Waals surface area contributed by atoms with E-state index >= 15 is 0 Å². The van der Waals surface area contributed by atoms with E-state index in [-0.39, 0.29) is 0 Å². The van der Waals surface area contributed by atoms with Crippen LogP contribution in [0.3, 0.4) is 0 Å². The van der Waals surface area contributed by atoms with Gasteiger partial charge in [-0.25, -0.2) is 0 Å². The van der Waals surface area contributed by atoms with Crippen molar-refractivity contribution in [1.29, 1.82) is 0 Å². The maximum absolute atomic E-state index is 2.66. The van der Waals surface area contributed by atoms with Crippen LogP contribution in [-0.2, 0) is 0 Å². The molecule has 13 heavy (non-hydrogen) atoms. The molecule has 0 aromatic carbocycles. The molecule has 1 aliphatic rings. The molecule has 0 amide bonds. The quantitative estimate of drug-likeness (QED) is 0.541. The number of hydrogen-bond donors (Lipinski definition) is 0. The van der Waals surface area contributed by atoms with Crippen LogP contribution in [0, 0.1) is 5.41 Å². The summed E-state index contributed by atoms with van der Waals surface area (Å²) in [5.41, 5.74) is 0.649. The summed E-state index contributed by atoms with van der Waals surface area (Å²) in [6, 6.07) is 0. The van der Waals surface area contributed by atoms with Crippen LogP contribution in [0.4, 0.5) is 0 Å². The minimum atomic E-state index is -1.45. The molecule has 0 radical (unpaired) electrons. The minimum absolute atomic E-state index is 0.649. The second kappa shape index (κ2) is 3.29. The fourth-order valence-corrected chi connectivity index (χ4v) is 11.1. The zero-order valence-corrected chi connectivity index (χ0v) is 12.4. The summed E-state index contributed by atoms with van der Waals surface area (Å²) in [4.78, 5) is 0. The van der Waals surface area contributed by atoms with Gasteiger partial charge >= 0.3 is 86.7 Å². The molecule has 0 nitrogen and oxygen atoms in total. The molecule has 0 aliphatic carbocycles. The molecule has 1 heteroatoms. The van der Waals surface area contributed by atoms with Gasteiger partial charge in [-0.3, -0.25) is 0 Å². The van der Waals surface area contributed by atoms with Crippen LogP contribution in [0.5, 0.6) is 0 Å². The van der Waals surface area contributed by atoms with Crippen molar-refractivity contribution in [1.82, 2.24) is 0 Å². The molecule has 1 aliphatic heterocycles. The fraction of sp³-hybridized carbons (Fsp3) is 1.00. The van der Waals surface area contributed by atoms with Crippen molar-refractivity contribution in [2.75, 3.05) is 0 Å². The van der Waals surface area contributed by atoms with Crippen LogP contribution in [0.15, 0.2) is 0 Å². The zero-order chi connectivity index (χ0) is 10.3. The summed E-state index contributed by atoms with van der Waals surface area (Å²) in [6.07, 6.45) is 2.97. The first-order valence-electron chi connectivity index (χ1n) is 5.66. The van der Waals surface area contributed by atoms with Gasteiger partial charge in [0.1, 0.15) is 0 Å². The molecule has 1 heterocycles. The molecule has 0 saturated carbocycles. The van der Waals surface area contributed by atoms with Gasteiger partial charge in [0.2, 0.25) is 0 Å². The van der Waals surface area contributed by atoms with Gasteiger partial charge in [-0.15, -0.1) is 0 Å². The van der Waals surface area contributed by atoms with E-state index in [1.807, 2.05) is 0 Å². The first kappa shape index (κ1) is 11.6. The van der Waals surface area contributed by atoms with Crippen LogP contribution in [0.25, 0.3) is 0 Å². The van der Waals surface area contributed by atoms with Gasteiger partial charge in [0.15, 0.2) is 0 Å². The third-order valence-electron chi connectivity index (χ3n) is 4.52. The third kappa shape index (κ3) is 2.52. The Morgan fingerprint density at radius 2 is 1.38 bits per heavy atom. The van der Waals surface area contributed by atoms with E-state index in [4.69, 9.17) is 0 Å². The number of hydrogen-bond acceptors (Lipinski definition) is 0. The molecule has 78 valence electrons. The molecule has 0 N–H and O–H groups in total. The van der Waals surface area contributed by atoms with Crippen molar-refractivity contribution in [3.63, 3.8) is 0 Å².